The molecule has 114 valence electrons. The smallest absolute Gasteiger partial charge is 0.258 e. The zero-order chi connectivity index (χ0) is 17.4. The molecule has 0 N–H and O–H groups in total. The molecule has 0 radical (unpaired) electrons. The Labute approximate surface area is 134 Å². The van der Waals surface area contributed by atoms with E-state index in [9.17, 15) is 30.8 Å². The minimum Gasteiger partial charge on any atom is -0.258 e. The second-order valence-electron chi connectivity index (χ2n) is 4.95. The summed E-state index contributed by atoms with van der Waals surface area (Å²) in [6.07, 6.45) is 0. The summed E-state index contributed by atoms with van der Waals surface area (Å²) in [6.45, 7) is 0. The molecule has 0 unspecified atom stereocenters. The molecule has 0 aromatic heterocycles. The van der Waals surface area contributed by atoms with Gasteiger partial charge in [0.15, 0.2) is 0 Å². The third kappa shape index (κ3) is 2.07. The van der Waals surface area contributed by atoms with Crippen LogP contribution >= 0.6 is 0 Å². The molecule has 0 saturated heterocycles. The van der Waals surface area contributed by atoms with E-state index in [1.807, 2.05) is 12.1 Å². The predicted octanol–water partition coefficient (Wildman–Crippen LogP) is 3.55. The molecule has 0 saturated carbocycles. The quantitative estimate of drug-likeness (QED) is 0.403. The normalized spacial score (nSPS) is 10.2. The average molecular weight is 318 g/mol. The fourth-order valence-corrected chi connectivity index (χ4v) is 2.67. The first-order valence-electron chi connectivity index (χ1n) is 6.60. The number of non-ortho nitro benzene ring substituents is 2. The summed E-state index contributed by atoms with van der Waals surface area (Å²) in [5.74, 6) is 0. The number of nitriles is 2. The van der Waals surface area contributed by atoms with Crippen molar-refractivity contribution in [3.63, 3.8) is 0 Å². The standard InChI is InChI=1S/C16H6N4O4/c17-7-15-11-3-1-9(19(21)22)5-13(11)16(8-18)14-6-10(20(23)24)2-4-12(14)15/h1-6H. The molecule has 0 aliphatic heterocycles. The molecule has 8 heteroatoms. The van der Waals surface area contributed by atoms with Gasteiger partial charge < -0.3 is 0 Å². The molecule has 24 heavy (non-hydrogen) atoms. The minimum absolute atomic E-state index is 0.0615. The van der Waals surface area contributed by atoms with Gasteiger partial charge in [0.05, 0.1) is 21.0 Å². The Balaban J connectivity index is 2.59. The highest BCUT2D eigenvalue weighted by atomic mass is 16.6. The van der Waals surface area contributed by atoms with Crippen molar-refractivity contribution in [1.82, 2.24) is 0 Å². The van der Waals surface area contributed by atoms with Crippen molar-refractivity contribution < 1.29 is 9.85 Å². The van der Waals surface area contributed by atoms with Gasteiger partial charge in [-0.25, -0.2) is 0 Å². The maximum Gasteiger partial charge on any atom is 0.270 e. The van der Waals surface area contributed by atoms with Gasteiger partial charge in [-0.2, -0.15) is 10.5 Å². The highest BCUT2D eigenvalue weighted by Gasteiger charge is 2.19. The summed E-state index contributed by atoms with van der Waals surface area (Å²) < 4.78 is 0. The van der Waals surface area contributed by atoms with Crippen LogP contribution in [0, 0.1) is 42.9 Å². The summed E-state index contributed by atoms with van der Waals surface area (Å²) in [5.41, 5.74) is -0.185. The first-order chi connectivity index (χ1) is 11.5. The van der Waals surface area contributed by atoms with Gasteiger partial charge in [-0.1, -0.05) is 0 Å². The molecule has 0 heterocycles. The van der Waals surface area contributed by atoms with Crippen molar-refractivity contribution in [2.24, 2.45) is 0 Å². The summed E-state index contributed by atoms with van der Waals surface area (Å²) in [5, 5.41) is 42.1. The molecule has 0 aliphatic carbocycles. The van der Waals surface area contributed by atoms with Gasteiger partial charge in [0.2, 0.25) is 0 Å². The van der Waals surface area contributed by atoms with Gasteiger partial charge >= 0.3 is 0 Å². The van der Waals surface area contributed by atoms with E-state index in [0.717, 1.165) is 0 Å². The summed E-state index contributed by atoms with van der Waals surface area (Å²) in [7, 11) is 0. The lowest BCUT2D eigenvalue weighted by atomic mass is 9.92. The highest BCUT2D eigenvalue weighted by Crippen LogP contribution is 2.35. The van der Waals surface area contributed by atoms with Gasteiger partial charge in [-0.15, -0.1) is 0 Å². The Morgan fingerprint density at radius 2 is 1.08 bits per heavy atom. The van der Waals surface area contributed by atoms with E-state index in [-0.39, 0.29) is 33.3 Å². The van der Waals surface area contributed by atoms with E-state index in [1.165, 1.54) is 36.4 Å². The van der Waals surface area contributed by atoms with E-state index >= 15 is 0 Å². The van der Waals surface area contributed by atoms with Crippen LogP contribution in [0.2, 0.25) is 0 Å². The summed E-state index contributed by atoms with van der Waals surface area (Å²) in [6, 6.07) is 11.7. The first-order valence-corrected chi connectivity index (χ1v) is 6.60. The molecule has 0 aliphatic rings. The summed E-state index contributed by atoms with van der Waals surface area (Å²) in [4.78, 5) is 20.7. The molecule has 0 fully saturated rings. The topological polar surface area (TPSA) is 134 Å². The molecule has 3 aromatic rings. The monoisotopic (exact) mass is 318 g/mol. The molecule has 3 rings (SSSR count). The number of hydrogen-bond acceptors (Lipinski definition) is 6. The molecular formula is C16H6N4O4. The van der Waals surface area contributed by atoms with Crippen LogP contribution in [0.1, 0.15) is 11.1 Å². The Morgan fingerprint density at radius 1 is 0.708 bits per heavy atom. The van der Waals surface area contributed by atoms with E-state index in [2.05, 4.69) is 0 Å². The van der Waals surface area contributed by atoms with Crippen LogP contribution in [0.4, 0.5) is 11.4 Å². The largest absolute Gasteiger partial charge is 0.270 e. The van der Waals surface area contributed by atoms with Crippen LogP contribution in [0.5, 0.6) is 0 Å². The van der Waals surface area contributed by atoms with Crippen LogP contribution in [-0.2, 0) is 0 Å². The molecule has 3 aromatic carbocycles. The van der Waals surface area contributed by atoms with Crippen LogP contribution in [0.25, 0.3) is 21.5 Å². The lowest BCUT2D eigenvalue weighted by Crippen LogP contribution is -1.94. The SMILES string of the molecule is N#Cc1c2ccc([N+](=O)[O-])cc2c(C#N)c2cc([N+](=O)[O-])ccc12. The minimum atomic E-state index is -0.607. The zero-order valence-electron chi connectivity index (χ0n) is 11.9. The van der Waals surface area contributed by atoms with Crippen molar-refractivity contribution in [3.05, 3.63) is 67.8 Å². The van der Waals surface area contributed by atoms with Crippen LogP contribution < -0.4 is 0 Å². The number of nitro groups is 2. The molecular weight excluding hydrogens is 312 g/mol. The van der Waals surface area contributed by atoms with Crippen LogP contribution in [-0.4, -0.2) is 9.85 Å². The fraction of sp³-hybridized carbons (Fsp3) is 0. The van der Waals surface area contributed by atoms with Crippen molar-refractivity contribution in [2.75, 3.05) is 0 Å². The van der Waals surface area contributed by atoms with E-state index in [4.69, 9.17) is 0 Å². The Morgan fingerprint density at radius 3 is 1.42 bits per heavy atom. The molecule has 0 atom stereocenters. The number of hydrogen-bond donors (Lipinski definition) is 0. The Bertz CT molecular complexity index is 1060. The highest BCUT2D eigenvalue weighted by molar-refractivity contribution is 6.10. The first kappa shape index (κ1) is 14.9. The number of nitrogens with zero attached hydrogens (tertiary/aromatic N) is 4. The third-order valence-corrected chi connectivity index (χ3v) is 3.73. The lowest BCUT2D eigenvalue weighted by molar-refractivity contribution is -0.384. The van der Waals surface area contributed by atoms with Crippen LogP contribution in [0.3, 0.4) is 0 Å². The number of nitro benzene ring substituents is 2. The Kier molecular flexibility index (Phi) is 3.29. The number of rotatable bonds is 2. The van der Waals surface area contributed by atoms with E-state index in [0.29, 0.717) is 10.8 Å². The second kappa shape index (κ2) is 5.30. The maximum atomic E-state index is 11.0. The van der Waals surface area contributed by atoms with Gasteiger partial charge in [0.1, 0.15) is 12.1 Å². The van der Waals surface area contributed by atoms with Crippen molar-refractivity contribution in [1.29, 1.82) is 10.5 Å². The van der Waals surface area contributed by atoms with Gasteiger partial charge in [-0.3, -0.25) is 20.2 Å². The number of benzene rings is 3. The predicted molar refractivity (Wildman–Crippen MR) is 84.2 cm³/mol. The molecule has 8 nitrogen and oxygen atoms in total. The lowest BCUT2D eigenvalue weighted by Gasteiger charge is -2.08. The fourth-order valence-electron chi connectivity index (χ4n) is 2.67. The summed E-state index contributed by atoms with van der Waals surface area (Å²) >= 11 is 0. The molecule has 0 amide bonds. The van der Waals surface area contributed by atoms with Crippen molar-refractivity contribution in [3.8, 4) is 12.1 Å². The third-order valence-electron chi connectivity index (χ3n) is 3.73. The van der Waals surface area contributed by atoms with E-state index < -0.39 is 9.85 Å². The second-order valence-corrected chi connectivity index (χ2v) is 4.95. The van der Waals surface area contributed by atoms with E-state index in [1.54, 1.807) is 0 Å². The van der Waals surface area contributed by atoms with Crippen molar-refractivity contribution >= 4 is 32.9 Å². The molecule has 0 bridgehead atoms. The average Bonchev–Trinajstić information content (AvgIpc) is 2.58. The van der Waals surface area contributed by atoms with Gasteiger partial charge in [0, 0.05) is 45.8 Å². The van der Waals surface area contributed by atoms with Crippen molar-refractivity contribution in [2.45, 2.75) is 0 Å². The molecule has 0 spiro atoms. The maximum absolute atomic E-state index is 11.0. The number of fused-ring (bicyclic) bond motifs is 2. The zero-order valence-corrected chi connectivity index (χ0v) is 11.9. The van der Waals surface area contributed by atoms with Gasteiger partial charge in [0.25, 0.3) is 11.4 Å². The van der Waals surface area contributed by atoms with Crippen LogP contribution in [0.15, 0.2) is 36.4 Å². The Hall–Kier alpha value is -4.04. The van der Waals surface area contributed by atoms with Gasteiger partial charge in [-0.05, 0) is 12.1 Å².